The molecule has 3 heterocycles. The topological polar surface area (TPSA) is 147 Å². The van der Waals surface area contributed by atoms with Crippen molar-refractivity contribution in [3.63, 3.8) is 0 Å². The third kappa shape index (κ3) is 6.28. The van der Waals surface area contributed by atoms with E-state index in [0.29, 0.717) is 0 Å². The number of nitrogen functional groups attached to an aromatic ring is 1. The molecule has 3 aromatic rings. The first-order chi connectivity index (χ1) is 16.4. The SMILES string of the molecule is C[C@H](C(N)=O)N(c1ccc(OC(F)(F)F)nc1)c1nc(N)c(C(=O)c2ccc(OC(F)F)nc2)s1. The van der Waals surface area contributed by atoms with Gasteiger partial charge in [0.25, 0.3) is 0 Å². The van der Waals surface area contributed by atoms with Crippen LogP contribution >= 0.6 is 11.3 Å². The van der Waals surface area contributed by atoms with E-state index < -0.39 is 42.5 Å². The van der Waals surface area contributed by atoms with Crippen molar-refractivity contribution in [1.29, 1.82) is 0 Å². The number of ketones is 1. The maximum atomic E-state index is 12.9. The zero-order chi connectivity index (χ0) is 25.9. The van der Waals surface area contributed by atoms with Gasteiger partial charge >= 0.3 is 13.0 Å². The molecule has 0 saturated heterocycles. The highest BCUT2D eigenvalue weighted by atomic mass is 32.1. The number of halogens is 5. The molecule has 0 bridgehead atoms. The predicted molar refractivity (Wildman–Crippen MR) is 113 cm³/mol. The van der Waals surface area contributed by atoms with Crippen LogP contribution < -0.4 is 25.8 Å². The van der Waals surface area contributed by atoms with E-state index in [1.807, 2.05) is 0 Å². The molecule has 0 aromatic carbocycles. The quantitative estimate of drug-likeness (QED) is 0.322. The average molecular weight is 518 g/mol. The van der Waals surface area contributed by atoms with E-state index in [2.05, 4.69) is 24.4 Å². The summed E-state index contributed by atoms with van der Waals surface area (Å²) >= 11 is 0.755. The maximum absolute atomic E-state index is 12.9. The van der Waals surface area contributed by atoms with E-state index >= 15 is 0 Å². The number of primary amides is 1. The first-order valence-corrected chi connectivity index (χ1v) is 10.2. The molecular formula is C19H15F5N6O4S. The highest BCUT2D eigenvalue weighted by molar-refractivity contribution is 7.18. The number of carbonyl (C=O) groups is 2. The van der Waals surface area contributed by atoms with Crippen molar-refractivity contribution in [3.8, 4) is 11.8 Å². The molecule has 186 valence electrons. The summed E-state index contributed by atoms with van der Waals surface area (Å²) in [5.41, 5.74) is 11.4. The monoisotopic (exact) mass is 518 g/mol. The largest absolute Gasteiger partial charge is 0.574 e. The van der Waals surface area contributed by atoms with Gasteiger partial charge in [-0.25, -0.2) is 15.0 Å². The minimum absolute atomic E-state index is 0.00838. The van der Waals surface area contributed by atoms with Crippen molar-refractivity contribution in [1.82, 2.24) is 15.0 Å². The summed E-state index contributed by atoms with van der Waals surface area (Å²) in [5.74, 6) is -2.84. The van der Waals surface area contributed by atoms with Gasteiger partial charge in [0.15, 0.2) is 5.13 Å². The van der Waals surface area contributed by atoms with Gasteiger partial charge in [-0.05, 0) is 19.1 Å². The molecule has 0 aliphatic rings. The second-order valence-corrected chi connectivity index (χ2v) is 7.63. The van der Waals surface area contributed by atoms with Crippen molar-refractivity contribution in [2.24, 2.45) is 5.73 Å². The van der Waals surface area contributed by atoms with Crippen LogP contribution in [-0.4, -0.2) is 45.7 Å². The Morgan fingerprint density at radius 1 is 1.09 bits per heavy atom. The Morgan fingerprint density at radius 2 is 1.74 bits per heavy atom. The van der Waals surface area contributed by atoms with Gasteiger partial charge in [0.1, 0.15) is 16.7 Å². The number of anilines is 3. The lowest BCUT2D eigenvalue weighted by Crippen LogP contribution is -2.40. The summed E-state index contributed by atoms with van der Waals surface area (Å²) in [4.78, 5) is 37.2. The fraction of sp³-hybridized carbons (Fsp3) is 0.211. The normalized spacial score (nSPS) is 12.3. The minimum Gasteiger partial charge on any atom is -0.417 e. The lowest BCUT2D eigenvalue weighted by Gasteiger charge is -2.26. The number of hydrogen-bond acceptors (Lipinski definition) is 10. The molecule has 1 atom stereocenters. The summed E-state index contributed by atoms with van der Waals surface area (Å²) in [7, 11) is 0. The third-order valence-electron chi connectivity index (χ3n) is 4.28. The van der Waals surface area contributed by atoms with Crippen LogP contribution in [0.4, 0.5) is 38.6 Å². The molecule has 0 radical (unpaired) electrons. The molecule has 0 saturated carbocycles. The Bertz CT molecular complexity index is 1200. The number of nitrogens with zero attached hydrogens (tertiary/aromatic N) is 4. The van der Waals surface area contributed by atoms with Gasteiger partial charge in [-0.2, -0.15) is 8.78 Å². The number of nitrogens with two attached hydrogens (primary N) is 2. The Hall–Kier alpha value is -4.08. The van der Waals surface area contributed by atoms with Crippen molar-refractivity contribution < 1.29 is 41.0 Å². The molecular weight excluding hydrogens is 503 g/mol. The lowest BCUT2D eigenvalue weighted by molar-refractivity contribution is -0.276. The third-order valence-corrected chi connectivity index (χ3v) is 5.35. The fourth-order valence-corrected chi connectivity index (χ4v) is 3.76. The van der Waals surface area contributed by atoms with Gasteiger partial charge in [-0.1, -0.05) is 11.3 Å². The molecule has 16 heteroatoms. The molecule has 10 nitrogen and oxygen atoms in total. The number of carbonyl (C=O) groups excluding carboxylic acids is 2. The van der Waals surface area contributed by atoms with Gasteiger partial charge in [-0.3, -0.25) is 9.59 Å². The molecule has 1 amide bonds. The van der Waals surface area contributed by atoms with Crippen molar-refractivity contribution in [2.75, 3.05) is 10.6 Å². The van der Waals surface area contributed by atoms with E-state index in [1.165, 1.54) is 24.0 Å². The second-order valence-electron chi connectivity index (χ2n) is 6.65. The number of ether oxygens (including phenoxy) is 2. The van der Waals surface area contributed by atoms with Gasteiger partial charge in [-0.15, -0.1) is 13.2 Å². The van der Waals surface area contributed by atoms with Crippen molar-refractivity contribution >= 4 is 39.7 Å². The Balaban J connectivity index is 1.93. The zero-order valence-corrected chi connectivity index (χ0v) is 18.3. The van der Waals surface area contributed by atoms with Gasteiger partial charge in [0.2, 0.25) is 23.5 Å². The van der Waals surface area contributed by atoms with Crippen molar-refractivity contribution in [3.05, 3.63) is 47.1 Å². The molecule has 0 spiro atoms. The van der Waals surface area contributed by atoms with E-state index in [1.54, 1.807) is 0 Å². The zero-order valence-electron chi connectivity index (χ0n) is 17.5. The van der Waals surface area contributed by atoms with E-state index in [9.17, 15) is 31.5 Å². The Kier molecular flexibility index (Phi) is 7.33. The number of hydrogen-bond donors (Lipinski definition) is 2. The van der Waals surface area contributed by atoms with E-state index in [4.69, 9.17) is 11.5 Å². The summed E-state index contributed by atoms with van der Waals surface area (Å²) in [6.07, 6.45) is -2.95. The lowest BCUT2D eigenvalue weighted by atomic mass is 10.1. The van der Waals surface area contributed by atoms with E-state index in [0.717, 1.165) is 35.9 Å². The molecule has 35 heavy (non-hydrogen) atoms. The molecule has 0 fully saturated rings. The summed E-state index contributed by atoms with van der Waals surface area (Å²) in [5, 5.41) is 0.00838. The predicted octanol–water partition coefficient (Wildman–Crippen LogP) is 3.26. The van der Waals surface area contributed by atoms with Crippen LogP contribution in [0.1, 0.15) is 22.2 Å². The standard InChI is InChI=1S/C19H15F5N6O4S/c1-8(16(26)32)30(10-3-5-12(28-7-10)34-19(22,23)24)18-29-15(25)14(35-18)13(31)9-2-4-11(27-6-9)33-17(20)21/h2-8,17H,25H2,1H3,(H2,26,32)/t8-/m1/s1. The Labute approximate surface area is 197 Å². The molecule has 3 rings (SSSR count). The number of rotatable bonds is 9. The average Bonchev–Trinajstić information content (AvgIpc) is 3.14. The van der Waals surface area contributed by atoms with Gasteiger partial charge < -0.3 is 25.8 Å². The number of aromatic nitrogens is 3. The van der Waals surface area contributed by atoms with Crippen LogP contribution in [0.25, 0.3) is 0 Å². The second kappa shape index (κ2) is 10.0. The smallest absolute Gasteiger partial charge is 0.417 e. The molecule has 0 aliphatic carbocycles. The first kappa shape index (κ1) is 25.5. The fourth-order valence-electron chi connectivity index (χ4n) is 2.71. The highest BCUT2D eigenvalue weighted by Crippen LogP contribution is 2.36. The minimum atomic E-state index is -4.95. The van der Waals surface area contributed by atoms with Gasteiger partial charge in [0, 0.05) is 23.9 Å². The number of pyridine rings is 2. The van der Waals surface area contributed by atoms with Crippen LogP contribution in [-0.2, 0) is 4.79 Å². The molecule has 0 unspecified atom stereocenters. The number of alkyl halides is 5. The summed E-state index contributed by atoms with van der Waals surface area (Å²) < 4.78 is 69.6. The van der Waals surface area contributed by atoms with Crippen molar-refractivity contribution in [2.45, 2.75) is 25.9 Å². The first-order valence-electron chi connectivity index (χ1n) is 9.38. The molecule has 0 aliphatic heterocycles. The Morgan fingerprint density at radius 3 is 2.26 bits per heavy atom. The summed E-state index contributed by atoms with van der Waals surface area (Å²) in [6.45, 7) is -1.70. The van der Waals surface area contributed by atoms with Crippen LogP contribution in [0.3, 0.4) is 0 Å². The maximum Gasteiger partial charge on any atom is 0.574 e. The van der Waals surface area contributed by atoms with Crippen LogP contribution in [0, 0.1) is 0 Å². The van der Waals surface area contributed by atoms with Crippen LogP contribution in [0.5, 0.6) is 11.8 Å². The molecule has 3 aromatic heterocycles. The number of amides is 1. The highest BCUT2D eigenvalue weighted by Gasteiger charge is 2.32. The summed E-state index contributed by atoms with van der Waals surface area (Å²) in [6, 6.07) is 3.28. The van der Waals surface area contributed by atoms with Gasteiger partial charge in [0.05, 0.1) is 11.9 Å². The van der Waals surface area contributed by atoms with Crippen LogP contribution in [0.15, 0.2) is 36.7 Å². The number of thiazole rings is 1. The van der Waals surface area contributed by atoms with E-state index in [-0.39, 0.29) is 27.1 Å². The molecule has 4 N–H and O–H groups in total. The van der Waals surface area contributed by atoms with Crippen LogP contribution in [0.2, 0.25) is 0 Å².